The largest absolute Gasteiger partial charge is 0.496 e. The SMILES string of the molecule is CCC/C(=C\CC(=O)O)c1cc(C)cc(C(C)(C)C)c1OC. The van der Waals surface area contributed by atoms with E-state index in [1.54, 1.807) is 7.11 Å². The molecule has 1 aromatic carbocycles. The lowest BCUT2D eigenvalue weighted by atomic mass is 9.82. The van der Waals surface area contributed by atoms with Gasteiger partial charge in [0.1, 0.15) is 5.75 Å². The standard InChI is InChI=1S/C19H28O3/c1-7-8-14(9-10-17(20)21)15-11-13(2)12-16(18(15)22-6)19(3,4)5/h9,11-12H,7-8,10H2,1-6H3,(H,20,21)/b14-9+. The van der Waals surface area contributed by atoms with Crippen molar-refractivity contribution in [3.8, 4) is 5.75 Å². The first-order chi connectivity index (χ1) is 10.2. The number of benzene rings is 1. The molecule has 0 aromatic heterocycles. The Morgan fingerprint density at radius 3 is 2.41 bits per heavy atom. The van der Waals surface area contributed by atoms with Gasteiger partial charge in [0.05, 0.1) is 13.5 Å². The topological polar surface area (TPSA) is 46.5 Å². The first-order valence-corrected chi connectivity index (χ1v) is 7.81. The van der Waals surface area contributed by atoms with Crippen LogP contribution in [-0.2, 0) is 10.2 Å². The Morgan fingerprint density at radius 2 is 1.95 bits per heavy atom. The second-order valence-electron chi connectivity index (χ2n) is 6.72. The van der Waals surface area contributed by atoms with Gasteiger partial charge in [0, 0.05) is 11.1 Å². The summed E-state index contributed by atoms with van der Waals surface area (Å²) < 4.78 is 5.70. The maximum atomic E-state index is 10.9. The Bertz CT molecular complexity index is 563. The minimum absolute atomic E-state index is 0.0315. The van der Waals surface area contributed by atoms with Gasteiger partial charge >= 0.3 is 5.97 Å². The molecule has 0 aliphatic carbocycles. The molecule has 0 saturated heterocycles. The van der Waals surface area contributed by atoms with Crippen LogP contribution in [0.1, 0.15) is 63.6 Å². The summed E-state index contributed by atoms with van der Waals surface area (Å²) in [7, 11) is 1.68. The third-order valence-electron chi connectivity index (χ3n) is 3.63. The minimum Gasteiger partial charge on any atom is -0.496 e. The number of hydrogen-bond donors (Lipinski definition) is 1. The van der Waals surface area contributed by atoms with Crippen LogP contribution < -0.4 is 4.74 Å². The maximum absolute atomic E-state index is 10.9. The van der Waals surface area contributed by atoms with Gasteiger partial charge in [0.15, 0.2) is 0 Å². The van der Waals surface area contributed by atoms with Gasteiger partial charge in [-0.3, -0.25) is 4.79 Å². The van der Waals surface area contributed by atoms with Crippen molar-refractivity contribution in [1.82, 2.24) is 0 Å². The molecule has 3 heteroatoms. The van der Waals surface area contributed by atoms with E-state index in [0.717, 1.165) is 40.9 Å². The molecule has 0 heterocycles. The van der Waals surface area contributed by atoms with E-state index in [2.05, 4.69) is 46.8 Å². The van der Waals surface area contributed by atoms with E-state index in [4.69, 9.17) is 9.84 Å². The fourth-order valence-electron chi connectivity index (χ4n) is 2.62. The first kappa shape index (κ1) is 18.3. The molecule has 0 aliphatic heterocycles. The number of aliphatic carboxylic acids is 1. The van der Waals surface area contributed by atoms with Crippen LogP contribution in [0, 0.1) is 6.92 Å². The molecule has 0 saturated carbocycles. The van der Waals surface area contributed by atoms with Gasteiger partial charge in [0.25, 0.3) is 0 Å². The van der Waals surface area contributed by atoms with E-state index in [1.807, 2.05) is 6.08 Å². The van der Waals surface area contributed by atoms with E-state index in [0.29, 0.717) is 0 Å². The number of aryl methyl sites for hydroxylation is 1. The lowest BCUT2D eigenvalue weighted by molar-refractivity contribution is -0.135. The average molecular weight is 304 g/mol. The van der Waals surface area contributed by atoms with Gasteiger partial charge in [-0.1, -0.05) is 46.3 Å². The number of allylic oxidation sites excluding steroid dienone is 1. The normalized spacial score (nSPS) is 12.4. The average Bonchev–Trinajstić information content (AvgIpc) is 2.41. The van der Waals surface area contributed by atoms with Gasteiger partial charge in [0.2, 0.25) is 0 Å². The van der Waals surface area contributed by atoms with E-state index >= 15 is 0 Å². The summed E-state index contributed by atoms with van der Waals surface area (Å²) in [6.45, 7) is 10.7. The summed E-state index contributed by atoms with van der Waals surface area (Å²) in [6.07, 6.45) is 3.66. The van der Waals surface area contributed by atoms with Gasteiger partial charge < -0.3 is 9.84 Å². The van der Waals surface area contributed by atoms with Crippen molar-refractivity contribution in [3.63, 3.8) is 0 Å². The Hall–Kier alpha value is -1.77. The summed E-state index contributed by atoms with van der Waals surface area (Å²) >= 11 is 0. The molecule has 0 bridgehead atoms. The molecular formula is C19H28O3. The van der Waals surface area contributed by atoms with Gasteiger partial charge in [-0.15, -0.1) is 0 Å². The Balaban J connectivity index is 3.51. The molecule has 3 nitrogen and oxygen atoms in total. The molecule has 0 aliphatic rings. The molecule has 1 aromatic rings. The van der Waals surface area contributed by atoms with Crippen molar-refractivity contribution < 1.29 is 14.6 Å². The fraction of sp³-hybridized carbons (Fsp3) is 0.526. The quantitative estimate of drug-likeness (QED) is 0.808. The van der Waals surface area contributed by atoms with Gasteiger partial charge in [-0.2, -0.15) is 0 Å². The number of methoxy groups -OCH3 is 1. The number of ether oxygens (including phenoxy) is 1. The highest BCUT2D eigenvalue weighted by Gasteiger charge is 2.23. The molecular weight excluding hydrogens is 276 g/mol. The van der Waals surface area contributed by atoms with Crippen molar-refractivity contribution >= 4 is 11.5 Å². The summed E-state index contributed by atoms with van der Waals surface area (Å²) in [5, 5.41) is 8.97. The van der Waals surface area contributed by atoms with E-state index in [9.17, 15) is 4.79 Å². The molecule has 0 amide bonds. The van der Waals surface area contributed by atoms with Crippen LogP contribution in [0.5, 0.6) is 5.75 Å². The Morgan fingerprint density at radius 1 is 1.32 bits per heavy atom. The second kappa shape index (κ2) is 7.48. The maximum Gasteiger partial charge on any atom is 0.307 e. The Kier molecular flexibility index (Phi) is 6.21. The van der Waals surface area contributed by atoms with Crippen LogP contribution in [0.2, 0.25) is 0 Å². The zero-order chi connectivity index (χ0) is 16.9. The summed E-state index contributed by atoms with van der Waals surface area (Å²) in [6, 6.07) is 4.25. The summed E-state index contributed by atoms with van der Waals surface area (Å²) in [5.41, 5.74) is 4.36. The third kappa shape index (κ3) is 4.62. The molecule has 1 N–H and O–H groups in total. The van der Waals surface area contributed by atoms with Crippen LogP contribution >= 0.6 is 0 Å². The molecule has 122 valence electrons. The lowest BCUT2D eigenvalue weighted by Gasteiger charge is -2.25. The van der Waals surface area contributed by atoms with Crippen LogP contribution in [0.3, 0.4) is 0 Å². The molecule has 22 heavy (non-hydrogen) atoms. The predicted molar refractivity (Wildman–Crippen MR) is 91.6 cm³/mol. The number of rotatable bonds is 6. The highest BCUT2D eigenvalue weighted by Crippen LogP contribution is 2.39. The van der Waals surface area contributed by atoms with Gasteiger partial charge in [-0.05, 0) is 36.0 Å². The lowest BCUT2D eigenvalue weighted by Crippen LogP contribution is -2.14. The number of carbonyl (C=O) groups is 1. The van der Waals surface area contributed by atoms with Crippen molar-refractivity contribution in [2.75, 3.05) is 7.11 Å². The zero-order valence-corrected chi connectivity index (χ0v) is 14.6. The van der Waals surface area contributed by atoms with Crippen LogP contribution in [0.4, 0.5) is 0 Å². The second-order valence-corrected chi connectivity index (χ2v) is 6.72. The summed E-state index contributed by atoms with van der Waals surface area (Å²) in [5.74, 6) is 0.0551. The zero-order valence-electron chi connectivity index (χ0n) is 14.6. The van der Waals surface area contributed by atoms with Crippen LogP contribution in [-0.4, -0.2) is 18.2 Å². The molecule has 1 rings (SSSR count). The molecule has 0 spiro atoms. The highest BCUT2D eigenvalue weighted by molar-refractivity contribution is 5.77. The Labute approximate surface area is 134 Å². The van der Waals surface area contributed by atoms with Crippen molar-refractivity contribution in [1.29, 1.82) is 0 Å². The van der Waals surface area contributed by atoms with Crippen molar-refractivity contribution in [2.24, 2.45) is 0 Å². The van der Waals surface area contributed by atoms with Crippen molar-refractivity contribution in [3.05, 3.63) is 34.9 Å². The minimum atomic E-state index is -0.809. The molecule has 0 unspecified atom stereocenters. The van der Waals surface area contributed by atoms with Crippen molar-refractivity contribution in [2.45, 2.75) is 59.3 Å². The number of carboxylic acid groups (broad SMARTS) is 1. The summed E-state index contributed by atoms with van der Waals surface area (Å²) in [4.78, 5) is 10.9. The first-order valence-electron chi connectivity index (χ1n) is 7.81. The molecule has 0 fully saturated rings. The third-order valence-corrected chi connectivity index (χ3v) is 3.63. The van der Waals surface area contributed by atoms with Crippen LogP contribution in [0.25, 0.3) is 5.57 Å². The highest BCUT2D eigenvalue weighted by atomic mass is 16.5. The number of hydrogen-bond acceptors (Lipinski definition) is 2. The van der Waals surface area contributed by atoms with E-state index < -0.39 is 5.97 Å². The predicted octanol–water partition coefficient (Wildman–Crippen LogP) is 4.96. The van der Waals surface area contributed by atoms with E-state index in [-0.39, 0.29) is 11.8 Å². The smallest absolute Gasteiger partial charge is 0.307 e. The van der Waals surface area contributed by atoms with Crippen LogP contribution in [0.15, 0.2) is 18.2 Å². The fourth-order valence-corrected chi connectivity index (χ4v) is 2.62. The van der Waals surface area contributed by atoms with E-state index in [1.165, 1.54) is 0 Å². The number of carboxylic acids is 1. The monoisotopic (exact) mass is 304 g/mol. The molecule has 0 radical (unpaired) electrons. The van der Waals surface area contributed by atoms with Gasteiger partial charge in [-0.25, -0.2) is 0 Å². The molecule has 0 atom stereocenters.